The number of amides is 1. The number of piperidine rings is 1. The van der Waals surface area contributed by atoms with Gasteiger partial charge in [0.1, 0.15) is 5.75 Å². The van der Waals surface area contributed by atoms with E-state index in [0.717, 1.165) is 10.8 Å². The van der Waals surface area contributed by atoms with Crippen molar-refractivity contribution >= 4 is 26.7 Å². The molecule has 1 N–H and O–H groups in total. The molecule has 0 atom stereocenters. The molecular formula is C24H23F3N2O4S. The van der Waals surface area contributed by atoms with E-state index in [2.05, 4.69) is 10.1 Å². The molecule has 1 fully saturated rings. The Morgan fingerprint density at radius 2 is 1.62 bits per heavy atom. The van der Waals surface area contributed by atoms with Crippen molar-refractivity contribution < 1.29 is 31.1 Å². The Balaban J connectivity index is 1.36. The minimum Gasteiger partial charge on any atom is -0.405 e. The molecule has 0 aromatic heterocycles. The molecule has 0 spiro atoms. The Hall–Kier alpha value is -3.11. The van der Waals surface area contributed by atoms with E-state index in [1.54, 1.807) is 24.3 Å². The minimum atomic E-state index is -4.83. The zero-order valence-corrected chi connectivity index (χ0v) is 18.9. The Morgan fingerprint density at radius 1 is 0.971 bits per heavy atom. The van der Waals surface area contributed by atoms with Crippen LogP contribution in [-0.2, 0) is 21.4 Å². The standard InChI is InChI=1S/C24H23F3N2O4S/c25-24(26,27)33-22-8-4-3-7-20(22)16-28-23(30)18-11-13-29(14-12-18)34(31,32)21-10-9-17-5-1-2-6-19(17)15-21/h1-10,15,18H,11-14,16H2,(H,28,30). The number of sulfonamides is 1. The number of fused-ring (bicyclic) bond motifs is 1. The first-order valence-electron chi connectivity index (χ1n) is 10.7. The third-order valence-corrected chi connectivity index (χ3v) is 7.73. The van der Waals surface area contributed by atoms with Crippen molar-refractivity contribution in [2.75, 3.05) is 13.1 Å². The monoisotopic (exact) mass is 492 g/mol. The van der Waals surface area contributed by atoms with E-state index in [4.69, 9.17) is 0 Å². The molecule has 6 nitrogen and oxygen atoms in total. The molecule has 1 heterocycles. The van der Waals surface area contributed by atoms with Crippen LogP contribution >= 0.6 is 0 Å². The number of ether oxygens (including phenoxy) is 1. The van der Waals surface area contributed by atoms with Crippen LogP contribution in [0.25, 0.3) is 10.8 Å². The number of halogens is 3. The van der Waals surface area contributed by atoms with Crippen LogP contribution in [0.4, 0.5) is 13.2 Å². The fourth-order valence-corrected chi connectivity index (χ4v) is 5.54. The van der Waals surface area contributed by atoms with Gasteiger partial charge in [0.05, 0.1) is 4.90 Å². The third-order valence-electron chi connectivity index (χ3n) is 5.83. The lowest BCUT2D eigenvalue weighted by molar-refractivity contribution is -0.274. The summed E-state index contributed by atoms with van der Waals surface area (Å²) in [5.41, 5.74) is 0.199. The number of benzene rings is 3. The van der Waals surface area contributed by atoms with Crippen molar-refractivity contribution in [3.05, 3.63) is 72.3 Å². The van der Waals surface area contributed by atoms with Gasteiger partial charge in [-0.15, -0.1) is 13.2 Å². The SMILES string of the molecule is O=C(NCc1ccccc1OC(F)(F)F)C1CCN(S(=O)(=O)c2ccc3ccccc3c2)CC1. The van der Waals surface area contributed by atoms with Gasteiger partial charge in [-0.25, -0.2) is 8.42 Å². The van der Waals surface area contributed by atoms with Gasteiger partial charge in [-0.2, -0.15) is 4.31 Å². The van der Waals surface area contributed by atoms with Crippen LogP contribution in [0.2, 0.25) is 0 Å². The molecule has 0 bridgehead atoms. The van der Waals surface area contributed by atoms with E-state index in [1.807, 2.05) is 24.3 Å². The molecule has 1 aliphatic heterocycles. The van der Waals surface area contributed by atoms with E-state index >= 15 is 0 Å². The molecule has 3 aromatic carbocycles. The summed E-state index contributed by atoms with van der Waals surface area (Å²) in [4.78, 5) is 12.8. The summed E-state index contributed by atoms with van der Waals surface area (Å²) in [5, 5.41) is 4.42. The zero-order valence-electron chi connectivity index (χ0n) is 18.1. The van der Waals surface area contributed by atoms with Gasteiger partial charge < -0.3 is 10.1 Å². The van der Waals surface area contributed by atoms with Crippen LogP contribution in [0.1, 0.15) is 18.4 Å². The second-order valence-electron chi connectivity index (χ2n) is 8.06. The molecule has 4 rings (SSSR count). The highest BCUT2D eigenvalue weighted by molar-refractivity contribution is 7.89. The number of hydrogen-bond acceptors (Lipinski definition) is 4. The number of rotatable bonds is 6. The summed E-state index contributed by atoms with van der Waals surface area (Å²) < 4.78 is 69.3. The van der Waals surface area contributed by atoms with Gasteiger partial charge in [-0.05, 0) is 41.8 Å². The fraction of sp³-hybridized carbons (Fsp3) is 0.292. The van der Waals surface area contributed by atoms with Crippen molar-refractivity contribution in [3.8, 4) is 5.75 Å². The molecule has 0 unspecified atom stereocenters. The summed E-state index contributed by atoms with van der Waals surface area (Å²) in [6, 6.07) is 18.1. The highest BCUT2D eigenvalue weighted by Gasteiger charge is 2.33. The summed E-state index contributed by atoms with van der Waals surface area (Å²) in [5.74, 6) is -1.13. The van der Waals surface area contributed by atoms with E-state index in [-0.39, 0.29) is 41.7 Å². The van der Waals surface area contributed by atoms with Crippen LogP contribution in [0.3, 0.4) is 0 Å². The topological polar surface area (TPSA) is 75.7 Å². The van der Waals surface area contributed by atoms with E-state index in [0.29, 0.717) is 12.8 Å². The first kappa shape index (κ1) is 24.0. The molecule has 180 valence electrons. The Morgan fingerprint density at radius 3 is 2.32 bits per heavy atom. The van der Waals surface area contributed by atoms with Gasteiger partial charge >= 0.3 is 6.36 Å². The Bertz CT molecular complexity index is 1290. The van der Waals surface area contributed by atoms with Gasteiger partial charge in [0.2, 0.25) is 15.9 Å². The lowest BCUT2D eigenvalue weighted by Crippen LogP contribution is -2.42. The van der Waals surface area contributed by atoms with Crippen molar-refractivity contribution in [3.63, 3.8) is 0 Å². The average Bonchev–Trinajstić information content (AvgIpc) is 2.82. The summed E-state index contributed by atoms with van der Waals surface area (Å²) in [7, 11) is -3.70. The molecule has 1 amide bonds. The largest absolute Gasteiger partial charge is 0.573 e. The lowest BCUT2D eigenvalue weighted by Gasteiger charge is -2.30. The van der Waals surface area contributed by atoms with Gasteiger partial charge in [0, 0.05) is 31.1 Å². The normalized spacial score (nSPS) is 15.9. The highest BCUT2D eigenvalue weighted by atomic mass is 32.2. The molecule has 10 heteroatoms. The summed E-state index contributed by atoms with van der Waals surface area (Å²) in [6.07, 6.45) is -4.19. The first-order valence-corrected chi connectivity index (χ1v) is 12.2. The third kappa shape index (κ3) is 5.51. The summed E-state index contributed by atoms with van der Waals surface area (Å²) in [6.45, 7) is 0.239. The second kappa shape index (κ2) is 9.63. The van der Waals surface area contributed by atoms with Gasteiger partial charge in [0.25, 0.3) is 0 Å². The Labute approximate surface area is 195 Å². The molecule has 0 saturated carbocycles. The van der Waals surface area contributed by atoms with E-state index in [9.17, 15) is 26.4 Å². The van der Waals surface area contributed by atoms with Crippen molar-refractivity contribution in [2.24, 2.45) is 5.92 Å². The molecule has 0 radical (unpaired) electrons. The molecule has 1 aliphatic rings. The zero-order chi connectivity index (χ0) is 24.3. The molecular weight excluding hydrogens is 469 g/mol. The lowest BCUT2D eigenvalue weighted by atomic mass is 9.97. The predicted molar refractivity (Wildman–Crippen MR) is 120 cm³/mol. The fourth-order valence-electron chi connectivity index (χ4n) is 4.04. The van der Waals surface area contributed by atoms with Crippen molar-refractivity contribution in [1.29, 1.82) is 0 Å². The molecule has 3 aromatic rings. The number of nitrogens with one attached hydrogen (secondary N) is 1. The number of carbonyl (C=O) groups is 1. The van der Waals surface area contributed by atoms with Gasteiger partial charge in [-0.1, -0.05) is 48.5 Å². The maximum atomic E-state index is 13.1. The first-order chi connectivity index (χ1) is 16.1. The van der Waals surface area contributed by atoms with Crippen molar-refractivity contribution in [2.45, 2.75) is 30.6 Å². The van der Waals surface area contributed by atoms with Gasteiger partial charge in [-0.3, -0.25) is 4.79 Å². The van der Waals surface area contributed by atoms with Crippen LogP contribution in [0.15, 0.2) is 71.6 Å². The number of alkyl halides is 3. The summed E-state index contributed by atoms with van der Waals surface area (Å²) >= 11 is 0. The van der Waals surface area contributed by atoms with Crippen LogP contribution in [0, 0.1) is 5.92 Å². The number of carbonyl (C=O) groups excluding carboxylic acids is 1. The quantitative estimate of drug-likeness (QED) is 0.552. The van der Waals surface area contributed by atoms with Crippen LogP contribution in [-0.4, -0.2) is 38.1 Å². The van der Waals surface area contributed by atoms with Gasteiger partial charge in [0.15, 0.2) is 0 Å². The molecule has 1 saturated heterocycles. The number of para-hydroxylation sites is 1. The minimum absolute atomic E-state index is 0.124. The maximum Gasteiger partial charge on any atom is 0.573 e. The van der Waals surface area contributed by atoms with E-state index in [1.165, 1.54) is 22.5 Å². The Kier molecular flexibility index (Phi) is 6.81. The predicted octanol–water partition coefficient (Wildman–Crippen LogP) is 4.46. The second-order valence-corrected chi connectivity index (χ2v) is 10.00. The molecule has 0 aliphatic carbocycles. The van der Waals surface area contributed by atoms with Crippen LogP contribution < -0.4 is 10.1 Å². The highest BCUT2D eigenvalue weighted by Crippen LogP contribution is 2.28. The van der Waals surface area contributed by atoms with E-state index < -0.39 is 22.3 Å². The van der Waals surface area contributed by atoms with Crippen LogP contribution in [0.5, 0.6) is 5.75 Å². The number of nitrogens with zero attached hydrogens (tertiary/aromatic N) is 1. The maximum absolute atomic E-state index is 13.1. The number of hydrogen-bond donors (Lipinski definition) is 1. The molecule has 34 heavy (non-hydrogen) atoms. The average molecular weight is 493 g/mol. The van der Waals surface area contributed by atoms with Crippen molar-refractivity contribution in [1.82, 2.24) is 9.62 Å². The smallest absolute Gasteiger partial charge is 0.405 e.